The van der Waals surface area contributed by atoms with Gasteiger partial charge in [0.15, 0.2) is 11.5 Å². The van der Waals surface area contributed by atoms with Crippen LogP contribution in [0.15, 0.2) is 18.2 Å². The van der Waals surface area contributed by atoms with Gasteiger partial charge in [-0.15, -0.1) is 0 Å². The van der Waals surface area contributed by atoms with Crippen LogP contribution in [0, 0.1) is 0 Å². The topological polar surface area (TPSA) is 38.8 Å². The number of Topliss-reactive ketones (excluding diaryl/α,β-unsaturated/α-hetero) is 1. The molecule has 0 amide bonds. The Morgan fingerprint density at radius 3 is 2.42 bits per heavy atom. The van der Waals surface area contributed by atoms with Crippen molar-refractivity contribution in [2.75, 3.05) is 25.7 Å². The number of ketones is 1. The van der Waals surface area contributed by atoms with E-state index in [0.29, 0.717) is 24.4 Å². The maximum absolute atomic E-state index is 11.6. The van der Waals surface area contributed by atoms with E-state index in [0.717, 1.165) is 18.0 Å². The fourth-order valence-electron chi connectivity index (χ4n) is 2.68. The molecule has 0 N–H and O–H groups in total. The second-order valence-corrected chi connectivity index (χ2v) is 5.47. The number of hydrogen-bond acceptors (Lipinski definition) is 4. The van der Waals surface area contributed by atoms with Crippen LogP contribution in [0.1, 0.15) is 26.7 Å². The molecule has 1 saturated heterocycles. The number of anilines is 1. The molecule has 0 radical (unpaired) electrons. The van der Waals surface area contributed by atoms with E-state index in [1.807, 2.05) is 18.2 Å². The van der Waals surface area contributed by atoms with Gasteiger partial charge in [0.25, 0.3) is 0 Å². The Bertz CT molecular complexity index is 482. The van der Waals surface area contributed by atoms with Crippen molar-refractivity contribution in [1.29, 1.82) is 0 Å². The second kappa shape index (κ2) is 5.11. The number of nitrogens with zero attached hydrogens (tertiary/aromatic N) is 1. The molecule has 0 atom stereocenters. The Morgan fingerprint density at radius 1 is 1.16 bits per heavy atom. The number of ether oxygens (including phenoxy) is 2. The molecule has 1 aromatic rings. The van der Waals surface area contributed by atoms with Gasteiger partial charge in [-0.05, 0) is 26.0 Å². The maximum Gasteiger partial charge on any atom is 0.162 e. The average Bonchev–Trinajstić information content (AvgIpc) is 2.37. The highest BCUT2D eigenvalue weighted by Gasteiger charge is 2.34. The van der Waals surface area contributed by atoms with Crippen molar-refractivity contribution >= 4 is 11.5 Å². The molecule has 1 aliphatic rings. The van der Waals surface area contributed by atoms with Crippen LogP contribution in [0.25, 0.3) is 0 Å². The summed E-state index contributed by atoms with van der Waals surface area (Å²) in [5.74, 6) is 1.77. The number of piperidine rings is 1. The molecule has 19 heavy (non-hydrogen) atoms. The summed E-state index contributed by atoms with van der Waals surface area (Å²) in [6.45, 7) is 4.95. The summed E-state index contributed by atoms with van der Waals surface area (Å²) in [5.41, 5.74) is 0.907. The molecule has 1 heterocycles. The predicted octanol–water partition coefficient (Wildman–Crippen LogP) is 2.65. The normalized spacial score (nSPS) is 18.3. The largest absolute Gasteiger partial charge is 0.493 e. The lowest BCUT2D eigenvalue weighted by atomic mass is 9.89. The van der Waals surface area contributed by atoms with Crippen LogP contribution in [-0.2, 0) is 4.79 Å². The maximum atomic E-state index is 11.6. The Kier molecular flexibility index (Phi) is 3.69. The van der Waals surface area contributed by atoms with E-state index in [2.05, 4.69) is 18.7 Å². The quantitative estimate of drug-likeness (QED) is 0.840. The number of carbonyl (C=O) groups excluding carboxylic acids is 1. The summed E-state index contributed by atoms with van der Waals surface area (Å²) >= 11 is 0. The molecule has 0 bridgehead atoms. The van der Waals surface area contributed by atoms with Gasteiger partial charge < -0.3 is 14.4 Å². The van der Waals surface area contributed by atoms with Crippen molar-refractivity contribution in [3.63, 3.8) is 0 Å². The SMILES string of the molecule is COc1ccc(N2CCC(=O)CC2(C)C)cc1OC. The number of benzene rings is 1. The lowest BCUT2D eigenvalue weighted by Crippen LogP contribution is -2.50. The first kappa shape index (κ1) is 13.7. The lowest BCUT2D eigenvalue weighted by molar-refractivity contribution is -0.121. The van der Waals surface area contributed by atoms with E-state index in [4.69, 9.17) is 9.47 Å². The van der Waals surface area contributed by atoms with Crippen LogP contribution >= 0.6 is 0 Å². The molecule has 4 heteroatoms. The van der Waals surface area contributed by atoms with Crippen molar-refractivity contribution in [3.8, 4) is 11.5 Å². The van der Waals surface area contributed by atoms with Gasteiger partial charge in [0.1, 0.15) is 5.78 Å². The molecule has 0 saturated carbocycles. The average molecular weight is 263 g/mol. The summed E-state index contributed by atoms with van der Waals surface area (Å²) in [6, 6.07) is 5.88. The van der Waals surface area contributed by atoms with E-state index >= 15 is 0 Å². The van der Waals surface area contributed by atoms with Crippen LogP contribution in [0.3, 0.4) is 0 Å². The van der Waals surface area contributed by atoms with Gasteiger partial charge in [-0.25, -0.2) is 0 Å². The second-order valence-electron chi connectivity index (χ2n) is 5.47. The smallest absolute Gasteiger partial charge is 0.162 e. The van der Waals surface area contributed by atoms with Gasteiger partial charge in [0, 0.05) is 36.7 Å². The first-order valence-corrected chi connectivity index (χ1v) is 6.49. The molecule has 0 unspecified atom stereocenters. The summed E-state index contributed by atoms with van der Waals surface area (Å²) in [4.78, 5) is 13.9. The van der Waals surface area contributed by atoms with Crippen molar-refractivity contribution in [1.82, 2.24) is 0 Å². The van der Waals surface area contributed by atoms with Gasteiger partial charge in [0.2, 0.25) is 0 Å². The van der Waals surface area contributed by atoms with Crippen LogP contribution < -0.4 is 14.4 Å². The molecule has 2 rings (SSSR count). The third kappa shape index (κ3) is 2.67. The van der Waals surface area contributed by atoms with Crippen molar-refractivity contribution in [2.45, 2.75) is 32.2 Å². The minimum atomic E-state index is -0.158. The Balaban J connectivity index is 2.33. The zero-order valence-corrected chi connectivity index (χ0v) is 12.0. The van der Waals surface area contributed by atoms with Gasteiger partial charge in [-0.2, -0.15) is 0 Å². The lowest BCUT2D eigenvalue weighted by Gasteiger charge is -2.43. The Labute approximate surface area is 114 Å². The fraction of sp³-hybridized carbons (Fsp3) is 0.533. The molecule has 1 aromatic carbocycles. The van der Waals surface area contributed by atoms with Crippen LogP contribution in [0.4, 0.5) is 5.69 Å². The molecular formula is C15H21NO3. The van der Waals surface area contributed by atoms with Crippen LogP contribution in [-0.4, -0.2) is 32.1 Å². The Hall–Kier alpha value is -1.71. The summed E-state index contributed by atoms with van der Waals surface area (Å²) in [7, 11) is 3.26. The highest BCUT2D eigenvalue weighted by atomic mass is 16.5. The number of rotatable bonds is 3. The molecule has 0 spiro atoms. The Morgan fingerprint density at radius 2 is 1.84 bits per heavy atom. The van der Waals surface area contributed by atoms with Gasteiger partial charge in [-0.3, -0.25) is 4.79 Å². The first-order chi connectivity index (χ1) is 8.97. The van der Waals surface area contributed by atoms with E-state index < -0.39 is 0 Å². The standard InChI is InChI=1S/C15H21NO3/c1-15(2)10-12(17)7-8-16(15)11-5-6-13(18-3)14(9-11)19-4/h5-6,9H,7-8,10H2,1-4H3. The van der Waals surface area contributed by atoms with Gasteiger partial charge in [0.05, 0.1) is 14.2 Å². The number of hydrogen-bond donors (Lipinski definition) is 0. The number of methoxy groups -OCH3 is 2. The van der Waals surface area contributed by atoms with E-state index in [-0.39, 0.29) is 5.54 Å². The van der Waals surface area contributed by atoms with E-state index in [1.54, 1.807) is 14.2 Å². The predicted molar refractivity (Wildman–Crippen MR) is 75.2 cm³/mol. The molecule has 1 aliphatic heterocycles. The summed E-state index contributed by atoms with van der Waals surface area (Å²) in [6.07, 6.45) is 1.19. The molecule has 104 valence electrons. The molecule has 0 aromatic heterocycles. The molecule has 1 fully saturated rings. The third-order valence-corrected chi connectivity index (χ3v) is 3.65. The molecular weight excluding hydrogens is 242 g/mol. The van der Waals surface area contributed by atoms with Crippen LogP contribution in [0.5, 0.6) is 11.5 Å². The fourth-order valence-corrected chi connectivity index (χ4v) is 2.68. The van der Waals surface area contributed by atoms with Gasteiger partial charge in [-0.1, -0.05) is 0 Å². The first-order valence-electron chi connectivity index (χ1n) is 6.49. The summed E-state index contributed by atoms with van der Waals surface area (Å²) in [5, 5.41) is 0. The monoisotopic (exact) mass is 263 g/mol. The van der Waals surface area contributed by atoms with Crippen molar-refractivity contribution < 1.29 is 14.3 Å². The van der Waals surface area contributed by atoms with Crippen molar-refractivity contribution in [2.24, 2.45) is 0 Å². The highest BCUT2D eigenvalue weighted by molar-refractivity contribution is 5.82. The number of carbonyl (C=O) groups is 1. The highest BCUT2D eigenvalue weighted by Crippen LogP contribution is 2.36. The molecule has 4 nitrogen and oxygen atoms in total. The van der Waals surface area contributed by atoms with Crippen LogP contribution in [0.2, 0.25) is 0 Å². The molecule has 0 aliphatic carbocycles. The zero-order valence-electron chi connectivity index (χ0n) is 12.0. The minimum absolute atomic E-state index is 0.158. The van der Waals surface area contributed by atoms with Gasteiger partial charge >= 0.3 is 0 Å². The zero-order chi connectivity index (χ0) is 14.0. The van der Waals surface area contributed by atoms with E-state index in [1.165, 1.54) is 0 Å². The van der Waals surface area contributed by atoms with E-state index in [9.17, 15) is 4.79 Å². The third-order valence-electron chi connectivity index (χ3n) is 3.65. The van der Waals surface area contributed by atoms with Crippen molar-refractivity contribution in [3.05, 3.63) is 18.2 Å². The summed E-state index contributed by atoms with van der Waals surface area (Å²) < 4.78 is 10.6. The minimum Gasteiger partial charge on any atom is -0.493 e.